The van der Waals surface area contributed by atoms with Crippen LogP contribution >= 0.6 is 0 Å². The minimum Gasteiger partial charge on any atom is -0.390 e. The summed E-state index contributed by atoms with van der Waals surface area (Å²) in [6.07, 6.45) is 8.84. The lowest BCUT2D eigenvalue weighted by atomic mass is 9.87. The maximum absolute atomic E-state index is 10.1. The zero-order chi connectivity index (χ0) is 12.4. The maximum Gasteiger partial charge on any atom is 0.0900 e. The second kappa shape index (κ2) is 9.00. The second-order valence-electron chi connectivity index (χ2n) is 4.88. The average molecular weight is 230 g/mol. The summed E-state index contributed by atoms with van der Waals surface area (Å²) in [7, 11) is 0. The molecule has 2 nitrogen and oxygen atoms in total. The van der Waals surface area contributed by atoms with Crippen molar-refractivity contribution in [2.45, 2.75) is 90.3 Å². The van der Waals surface area contributed by atoms with E-state index in [2.05, 4.69) is 6.92 Å². The van der Waals surface area contributed by atoms with Crippen LogP contribution in [-0.4, -0.2) is 21.9 Å². The third-order valence-corrected chi connectivity index (χ3v) is 3.68. The van der Waals surface area contributed by atoms with E-state index in [1.54, 1.807) is 0 Å². The molecule has 0 amide bonds. The van der Waals surface area contributed by atoms with Crippen molar-refractivity contribution in [1.29, 1.82) is 0 Å². The van der Waals surface area contributed by atoms with Gasteiger partial charge in [-0.3, -0.25) is 0 Å². The molecule has 0 spiro atoms. The molecule has 0 aliphatic carbocycles. The van der Waals surface area contributed by atoms with Crippen LogP contribution in [0.3, 0.4) is 0 Å². The molecule has 1 atom stereocenters. The molecule has 0 saturated carbocycles. The molecule has 16 heavy (non-hydrogen) atoms. The Kier molecular flexibility index (Phi) is 8.96. The first-order valence-corrected chi connectivity index (χ1v) is 7.01. The van der Waals surface area contributed by atoms with Crippen molar-refractivity contribution in [3.8, 4) is 0 Å². The fraction of sp³-hybridized carbons (Fsp3) is 1.00. The molecular formula is C14H30O2. The van der Waals surface area contributed by atoms with Crippen LogP contribution in [0.1, 0.15) is 78.6 Å². The molecule has 0 heterocycles. The monoisotopic (exact) mass is 230 g/mol. The van der Waals surface area contributed by atoms with Crippen molar-refractivity contribution in [3.05, 3.63) is 0 Å². The summed E-state index contributed by atoms with van der Waals surface area (Å²) in [6, 6.07) is 0. The van der Waals surface area contributed by atoms with E-state index in [-0.39, 0.29) is 0 Å². The van der Waals surface area contributed by atoms with Crippen molar-refractivity contribution in [2.75, 3.05) is 0 Å². The Bertz CT molecular complexity index is 153. The number of hydrogen-bond acceptors (Lipinski definition) is 2. The second-order valence-corrected chi connectivity index (χ2v) is 4.88. The van der Waals surface area contributed by atoms with Gasteiger partial charge in [-0.05, 0) is 19.3 Å². The van der Waals surface area contributed by atoms with Gasteiger partial charge in [0.05, 0.1) is 11.7 Å². The molecular weight excluding hydrogens is 200 g/mol. The highest BCUT2D eigenvalue weighted by Gasteiger charge is 2.30. The van der Waals surface area contributed by atoms with Gasteiger partial charge in [-0.25, -0.2) is 0 Å². The number of hydrogen-bond donors (Lipinski definition) is 2. The lowest BCUT2D eigenvalue weighted by Crippen LogP contribution is -2.41. The number of unbranched alkanes of at least 4 members (excludes halogenated alkanes) is 5. The standard InChI is InChI=1S/C14H30O2/c1-4-7-8-9-10-11-12-13(15)14(16,5-2)6-3/h13,15-16H,4-12H2,1-3H3. The molecule has 0 aromatic heterocycles. The zero-order valence-corrected chi connectivity index (χ0v) is 11.3. The average Bonchev–Trinajstić information content (AvgIpc) is 2.32. The van der Waals surface area contributed by atoms with E-state index in [1.807, 2.05) is 13.8 Å². The fourth-order valence-electron chi connectivity index (χ4n) is 2.11. The van der Waals surface area contributed by atoms with Crippen LogP contribution < -0.4 is 0 Å². The predicted octanol–water partition coefficient (Wildman–Crippen LogP) is 3.65. The quantitative estimate of drug-likeness (QED) is 0.562. The highest BCUT2D eigenvalue weighted by Crippen LogP contribution is 2.23. The van der Waals surface area contributed by atoms with Crippen LogP contribution in [0.25, 0.3) is 0 Å². The van der Waals surface area contributed by atoms with Gasteiger partial charge in [-0.2, -0.15) is 0 Å². The molecule has 0 saturated heterocycles. The first-order valence-electron chi connectivity index (χ1n) is 7.01. The summed E-state index contributed by atoms with van der Waals surface area (Å²) in [4.78, 5) is 0. The van der Waals surface area contributed by atoms with E-state index in [0.29, 0.717) is 12.8 Å². The molecule has 2 N–H and O–H groups in total. The Labute approximate surface area is 101 Å². The Balaban J connectivity index is 3.60. The smallest absolute Gasteiger partial charge is 0.0900 e. The summed E-state index contributed by atoms with van der Waals surface area (Å²) in [5, 5.41) is 20.0. The summed E-state index contributed by atoms with van der Waals surface area (Å²) in [6.45, 7) is 6.09. The molecule has 0 radical (unpaired) electrons. The maximum atomic E-state index is 10.1. The Morgan fingerprint density at radius 2 is 1.38 bits per heavy atom. The van der Waals surface area contributed by atoms with Crippen LogP contribution in [0.5, 0.6) is 0 Å². The first kappa shape index (κ1) is 15.9. The Morgan fingerprint density at radius 3 is 1.88 bits per heavy atom. The van der Waals surface area contributed by atoms with E-state index < -0.39 is 11.7 Å². The molecule has 0 aliphatic heterocycles. The molecule has 0 aromatic rings. The normalized spacial score (nSPS) is 14.1. The Morgan fingerprint density at radius 1 is 0.875 bits per heavy atom. The largest absolute Gasteiger partial charge is 0.390 e. The summed E-state index contributed by atoms with van der Waals surface area (Å²) in [5.41, 5.74) is -0.858. The zero-order valence-electron chi connectivity index (χ0n) is 11.3. The summed E-state index contributed by atoms with van der Waals surface area (Å²) in [5.74, 6) is 0. The highest BCUT2D eigenvalue weighted by molar-refractivity contribution is 4.83. The third kappa shape index (κ3) is 5.86. The van der Waals surface area contributed by atoms with E-state index >= 15 is 0 Å². The van der Waals surface area contributed by atoms with Crippen molar-refractivity contribution in [2.24, 2.45) is 0 Å². The van der Waals surface area contributed by atoms with Crippen LogP contribution in [0.2, 0.25) is 0 Å². The van der Waals surface area contributed by atoms with E-state index in [4.69, 9.17) is 0 Å². The van der Waals surface area contributed by atoms with Crippen LogP contribution in [0.15, 0.2) is 0 Å². The molecule has 0 aromatic carbocycles. The summed E-state index contributed by atoms with van der Waals surface area (Å²) < 4.78 is 0. The molecule has 0 bridgehead atoms. The highest BCUT2D eigenvalue weighted by atomic mass is 16.3. The van der Waals surface area contributed by atoms with Crippen LogP contribution in [-0.2, 0) is 0 Å². The van der Waals surface area contributed by atoms with Gasteiger partial charge >= 0.3 is 0 Å². The Hall–Kier alpha value is -0.0800. The lowest BCUT2D eigenvalue weighted by molar-refractivity contribution is -0.0835. The lowest BCUT2D eigenvalue weighted by Gasteiger charge is -2.31. The van der Waals surface area contributed by atoms with Gasteiger partial charge in [0.25, 0.3) is 0 Å². The predicted molar refractivity (Wildman–Crippen MR) is 69.5 cm³/mol. The third-order valence-electron chi connectivity index (χ3n) is 3.68. The number of aliphatic hydroxyl groups is 2. The van der Waals surface area contributed by atoms with Gasteiger partial charge < -0.3 is 10.2 Å². The molecule has 0 rings (SSSR count). The van der Waals surface area contributed by atoms with E-state index in [0.717, 1.165) is 12.8 Å². The topological polar surface area (TPSA) is 40.5 Å². The van der Waals surface area contributed by atoms with Crippen LogP contribution in [0, 0.1) is 0 Å². The molecule has 98 valence electrons. The fourth-order valence-corrected chi connectivity index (χ4v) is 2.11. The first-order chi connectivity index (χ1) is 7.60. The minimum atomic E-state index is -0.858. The van der Waals surface area contributed by atoms with E-state index in [1.165, 1.54) is 32.1 Å². The van der Waals surface area contributed by atoms with Gasteiger partial charge in [0.2, 0.25) is 0 Å². The van der Waals surface area contributed by atoms with Gasteiger partial charge in [-0.1, -0.05) is 59.3 Å². The minimum absolute atomic E-state index is 0.548. The van der Waals surface area contributed by atoms with Crippen LogP contribution in [0.4, 0.5) is 0 Å². The number of aliphatic hydroxyl groups excluding tert-OH is 1. The van der Waals surface area contributed by atoms with Crippen molar-refractivity contribution in [3.63, 3.8) is 0 Å². The molecule has 1 unspecified atom stereocenters. The van der Waals surface area contributed by atoms with Gasteiger partial charge in [0.1, 0.15) is 0 Å². The van der Waals surface area contributed by atoms with Gasteiger partial charge in [0.15, 0.2) is 0 Å². The van der Waals surface area contributed by atoms with Gasteiger partial charge in [0, 0.05) is 0 Å². The molecule has 2 heteroatoms. The van der Waals surface area contributed by atoms with Gasteiger partial charge in [-0.15, -0.1) is 0 Å². The molecule has 0 aliphatic rings. The summed E-state index contributed by atoms with van der Waals surface area (Å²) >= 11 is 0. The van der Waals surface area contributed by atoms with E-state index in [9.17, 15) is 10.2 Å². The van der Waals surface area contributed by atoms with Crippen molar-refractivity contribution in [1.82, 2.24) is 0 Å². The van der Waals surface area contributed by atoms with Crippen molar-refractivity contribution >= 4 is 0 Å². The molecule has 0 fully saturated rings. The SMILES string of the molecule is CCCCCCCCC(O)C(O)(CC)CC. The number of rotatable bonds is 10. The van der Waals surface area contributed by atoms with Crippen molar-refractivity contribution < 1.29 is 10.2 Å².